The summed E-state index contributed by atoms with van der Waals surface area (Å²) in [6, 6.07) is 0. The lowest BCUT2D eigenvalue weighted by molar-refractivity contribution is -0.146. The van der Waals surface area contributed by atoms with Crippen LogP contribution in [0.3, 0.4) is 0 Å². The second-order valence-corrected chi connectivity index (χ2v) is 5.22. The Labute approximate surface area is 112 Å². The molecule has 2 atom stereocenters. The monoisotopic (exact) mass is 265 g/mol. The van der Waals surface area contributed by atoms with Crippen LogP contribution in [0.2, 0.25) is 0 Å². The standard InChI is InChI=1S/C13H19N3O3/c1-8(2)9-5-14-13(15-6-9)16-4-3-11(17)10(7-16)12(18)19/h5-6,8,10-11,17H,3-4,7H2,1-2H3,(H,18,19)/t10-,11+/m0/s1. The van der Waals surface area contributed by atoms with Crippen LogP contribution in [-0.2, 0) is 4.79 Å². The Bertz CT molecular complexity index is 447. The van der Waals surface area contributed by atoms with Crippen molar-refractivity contribution in [2.75, 3.05) is 18.0 Å². The third kappa shape index (κ3) is 3.01. The number of piperidine rings is 1. The molecule has 6 heteroatoms. The van der Waals surface area contributed by atoms with E-state index in [9.17, 15) is 9.90 Å². The summed E-state index contributed by atoms with van der Waals surface area (Å²) in [6.45, 7) is 4.95. The van der Waals surface area contributed by atoms with Crippen molar-refractivity contribution in [3.8, 4) is 0 Å². The summed E-state index contributed by atoms with van der Waals surface area (Å²) in [5.41, 5.74) is 1.05. The molecule has 2 heterocycles. The molecule has 104 valence electrons. The molecule has 0 unspecified atom stereocenters. The molecule has 1 aromatic rings. The molecule has 0 aliphatic carbocycles. The molecule has 1 aliphatic heterocycles. The van der Waals surface area contributed by atoms with Gasteiger partial charge in [0.2, 0.25) is 5.95 Å². The highest BCUT2D eigenvalue weighted by Gasteiger charge is 2.33. The van der Waals surface area contributed by atoms with Gasteiger partial charge in [0, 0.05) is 25.5 Å². The first kappa shape index (κ1) is 13.7. The lowest BCUT2D eigenvalue weighted by atomic mass is 9.95. The van der Waals surface area contributed by atoms with Gasteiger partial charge in [0.25, 0.3) is 0 Å². The van der Waals surface area contributed by atoms with Crippen LogP contribution in [0.1, 0.15) is 31.7 Å². The zero-order valence-electron chi connectivity index (χ0n) is 11.2. The van der Waals surface area contributed by atoms with Crippen LogP contribution in [0.15, 0.2) is 12.4 Å². The van der Waals surface area contributed by atoms with Crippen LogP contribution in [0.4, 0.5) is 5.95 Å². The summed E-state index contributed by atoms with van der Waals surface area (Å²) >= 11 is 0. The topological polar surface area (TPSA) is 86.5 Å². The molecule has 1 fully saturated rings. The number of aliphatic carboxylic acids is 1. The lowest BCUT2D eigenvalue weighted by Crippen LogP contribution is -2.47. The van der Waals surface area contributed by atoms with Crippen molar-refractivity contribution >= 4 is 11.9 Å². The van der Waals surface area contributed by atoms with Crippen molar-refractivity contribution in [1.29, 1.82) is 0 Å². The minimum atomic E-state index is -0.976. The highest BCUT2D eigenvalue weighted by molar-refractivity contribution is 5.72. The number of aliphatic hydroxyl groups excluding tert-OH is 1. The van der Waals surface area contributed by atoms with E-state index in [2.05, 4.69) is 23.8 Å². The van der Waals surface area contributed by atoms with E-state index in [0.29, 0.717) is 24.8 Å². The summed E-state index contributed by atoms with van der Waals surface area (Å²) in [4.78, 5) is 21.4. The molecule has 0 radical (unpaired) electrons. The number of rotatable bonds is 3. The summed E-state index contributed by atoms with van der Waals surface area (Å²) < 4.78 is 0. The number of anilines is 1. The SMILES string of the molecule is CC(C)c1cnc(N2CC[C@@H](O)[C@@H](C(=O)O)C2)nc1. The smallest absolute Gasteiger partial charge is 0.310 e. The van der Waals surface area contributed by atoms with Gasteiger partial charge in [0.1, 0.15) is 5.92 Å². The molecular weight excluding hydrogens is 246 g/mol. The predicted molar refractivity (Wildman–Crippen MR) is 70.1 cm³/mol. The van der Waals surface area contributed by atoms with E-state index in [1.807, 2.05) is 4.90 Å². The number of nitrogens with zero attached hydrogens (tertiary/aromatic N) is 3. The van der Waals surface area contributed by atoms with Gasteiger partial charge < -0.3 is 15.1 Å². The Balaban J connectivity index is 2.11. The Morgan fingerprint density at radius 3 is 2.58 bits per heavy atom. The van der Waals surface area contributed by atoms with Gasteiger partial charge >= 0.3 is 5.97 Å². The minimum absolute atomic E-state index is 0.248. The Morgan fingerprint density at radius 1 is 1.42 bits per heavy atom. The molecular formula is C13H19N3O3. The largest absolute Gasteiger partial charge is 0.481 e. The molecule has 0 amide bonds. The van der Waals surface area contributed by atoms with Crippen LogP contribution in [0, 0.1) is 5.92 Å². The van der Waals surface area contributed by atoms with Gasteiger partial charge in [-0.15, -0.1) is 0 Å². The van der Waals surface area contributed by atoms with E-state index < -0.39 is 18.0 Å². The van der Waals surface area contributed by atoms with Crippen LogP contribution in [-0.4, -0.2) is 45.3 Å². The maximum absolute atomic E-state index is 11.1. The zero-order valence-corrected chi connectivity index (χ0v) is 11.2. The van der Waals surface area contributed by atoms with E-state index in [-0.39, 0.29) is 6.54 Å². The van der Waals surface area contributed by atoms with E-state index in [4.69, 9.17) is 5.11 Å². The summed E-state index contributed by atoms with van der Waals surface area (Å²) in [6.07, 6.45) is 3.18. The first-order chi connectivity index (χ1) is 8.99. The third-order valence-corrected chi connectivity index (χ3v) is 3.50. The lowest BCUT2D eigenvalue weighted by Gasteiger charge is -2.33. The van der Waals surface area contributed by atoms with Crippen LogP contribution in [0.5, 0.6) is 0 Å². The van der Waals surface area contributed by atoms with Crippen molar-refractivity contribution in [3.05, 3.63) is 18.0 Å². The minimum Gasteiger partial charge on any atom is -0.481 e. The number of carboxylic acids is 1. The highest BCUT2D eigenvalue weighted by Crippen LogP contribution is 2.22. The van der Waals surface area contributed by atoms with Crippen molar-refractivity contribution in [3.63, 3.8) is 0 Å². The molecule has 2 rings (SSSR count). The Hall–Kier alpha value is -1.69. The van der Waals surface area contributed by atoms with E-state index in [1.54, 1.807) is 12.4 Å². The average Bonchev–Trinajstić information content (AvgIpc) is 2.39. The number of aromatic nitrogens is 2. The molecule has 19 heavy (non-hydrogen) atoms. The van der Waals surface area contributed by atoms with Gasteiger partial charge in [0.05, 0.1) is 6.10 Å². The summed E-state index contributed by atoms with van der Waals surface area (Å²) in [7, 11) is 0. The van der Waals surface area contributed by atoms with E-state index >= 15 is 0 Å². The van der Waals surface area contributed by atoms with Gasteiger partial charge in [-0.05, 0) is 17.9 Å². The molecule has 6 nitrogen and oxygen atoms in total. The van der Waals surface area contributed by atoms with Gasteiger partial charge in [-0.3, -0.25) is 4.79 Å². The molecule has 2 N–H and O–H groups in total. The normalized spacial score (nSPS) is 23.7. The Morgan fingerprint density at radius 2 is 2.05 bits per heavy atom. The molecule has 0 spiro atoms. The fraction of sp³-hybridized carbons (Fsp3) is 0.615. The van der Waals surface area contributed by atoms with Crippen LogP contribution in [0.25, 0.3) is 0 Å². The van der Waals surface area contributed by atoms with Gasteiger partial charge in [-0.25, -0.2) is 9.97 Å². The van der Waals surface area contributed by atoms with E-state index in [1.165, 1.54) is 0 Å². The first-order valence-corrected chi connectivity index (χ1v) is 6.46. The average molecular weight is 265 g/mol. The molecule has 0 saturated carbocycles. The fourth-order valence-electron chi connectivity index (χ4n) is 2.16. The first-order valence-electron chi connectivity index (χ1n) is 6.46. The Kier molecular flexibility index (Phi) is 3.99. The zero-order chi connectivity index (χ0) is 14.0. The quantitative estimate of drug-likeness (QED) is 0.843. The number of aliphatic hydroxyl groups is 1. The van der Waals surface area contributed by atoms with E-state index in [0.717, 1.165) is 5.56 Å². The van der Waals surface area contributed by atoms with Crippen molar-refractivity contribution in [2.24, 2.45) is 5.92 Å². The van der Waals surface area contributed by atoms with Crippen LogP contribution >= 0.6 is 0 Å². The maximum atomic E-state index is 11.1. The van der Waals surface area contributed by atoms with Crippen molar-refractivity contribution < 1.29 is 15.0 Å². The number of carboxylic acid groups (broad SMARTS) is 1. The molecule has 0 bridgehead atoms. The molecule has 1 aliphatic rings. The van der Waals surface area contributed by atoms with Crippen molar-refractivity contribution in [1.82, 2.24) is 9.97 Å². The summed E-state index contributed by atoms with van der Waals surface area (Å²) in [5.74, 6) is -0.857. The third-order valence-electron chi connectivity index (χ3n) is 3.50. The molecule has 1 saturated heterocycles. The van der Waals surface area contributed by atoms with Crippen molar-refractivity contribution in [2.45, 2.75) is 32.3 Å². The second kappa shape index (κ2) is 5.52. The number of hydrogen-bond acceptors (Lipinski definition) is 5. The number of carbonyl (C=O) groups is 1. The molecule has 1 aromatic heterocycles. The van der Waals surface area contributed by atoms with Gasteiger partial charge in [0.15, 0.2) is 0 Å². The fourth-order valence-corrected chi connectivity index (χ4v) is 2.16. The number of hydrogen-bond donors (Lipinski definition) is 2. The molecule has 0 aromatic carbocycles. The summed E-state index contributed by atoms with van der Waals surface area (Å²) in [5, 5.41) is 18.7. The van der Waals surface area contributed by atoms with Gasteiger partial charge in [-0.1, -0.05) is 13.8 Å². The van der Waals surface area contributed by atoms with Crippen LogP contribution < -0.4 is 4.90 Å². The second-order valence-electron chi connectivity index (χ2n) is 5.22. The van der Waals surface area contributed by atoms with Gasteiger partial charge in [-0.2, -0.15) is 0 Å². The predicted octanol–water partition coefficient (Wildman–Crippen LogP) is 0.872. The maximum Gasteiger partial charge on any atom is 0.310 e. The highest BCUT2D eigenvalue weighted by atomic mass is 16.4.